The van der Waals surface area contributed by atoms with Crippen molar-refractivity contribution in [1.82, 2.24) is 14.8 Å². The minimum atomic E-state index is 0.616. The number of rotatable bonds is 3. The first kappa shape index (κ1) is 12.9. The summed E-state index contributed by atoms with van der Waals surface area (Å²) in [7, 11) is 2.03. The average molecular weight is 254 g/mol. The minimum Gasteiger partial charge on any atom is -0.330 e. The van der Waals surface area contributed by atoms with Gasteiger partial charge in [-0.05, 0) is 32.2 Å². The Morgan fingerprint density at radius 1 is 1.29 bits per heavy atom. The van der Waals surface area contributed by atoms with Gasteiger partial charge in [-0.2, -0.15) is 0 Å². The Hall–Kier alpha value is -0.550. The van der Waals surface area contributed by atoms with Crippen LogP contribution in [0.25, 0.3) is 0 Å². The number of aromatic nitrogens is 3. The van der Waals surface area contributed by atoms with E-state index in [2.05, 4.69) is 14.8 Å². The molecule has 2 rings (SSSR count). The van der Waals surface area contributed by atoms with Gasteiger partial charge >= 0.3 is 0 Å². The fourth-order valence-electron chi connectivity index (χ4n) is 2.40. The lowest BCUT2D eigenvalue weighted by Crippen LogP contribution is -2.24. The fraction of sp³-hybridized carbons (Fsp3) is 0.833. The Bertz CT molecular complexity index is 363. The van der Waals surface area contributed by atoms with Crippen molar-refractivity contribution in [1.29, 1.82) is 0 Å². The number of thioether (sulfide) groups is 1. The van der Waals surface area contributed by atoms with Gasteiger partial charge in [0.1, 0.15) is 5.82 Å². The molecule has 0 spiro atoms. The van der Waals surface area contributed by atoms with Gasteiger partial charge in [-0.15, -0.1) is 10.2 Å². The van der Waals surface area contributed by atoms with Gasteiger partial charge in [0.05, 0.1) is 0 Å². The molecule has 1 aromatic rings. The lowest BCUT2D eigenvalue weighted by Gasteiger charge is -2.22. The minimum absolute atomic E-state index is 0.616. The molecule has 1 aromatic heterocycles. The van der Waals surface area contributed by atoms with Gasteiger partial charge in [-0.1, -0.05) is 31.0 Å². The van der Waals surface area contributed by atoms with E-state index in [1.165, 1.54) is 32.1 Å². The Balaban J connectivity index is 2.07. The van der Waals surface area contributed by atoms with Crippen molar-refractivity contribution in [3.63, 3.8) is 0 Å². The van der Waals surface area contributed by atoms with Gasteiger partial charge < -0.3 is 10.3 Å². The van der Waals surface area contributed by atoms with Crippen LogP contribution < -0.4 is 5.73 Å². The molecule has 5 heteroatoms. The van der Waals surface area contributed by atoms with E-state index in [-0.39, 0.29) is 0 Å². The molecule has 1 fully saturated rings. The molecule has 4 nitrogen and oxygen atoms in total. The summed E-state index contributed by atoms with van der Waals surface area (Å²) in [5.41, 5.74) is 5.90. The van der Waals surface area contributed by atoms with Gasteiger partial charge in [0.2, 0.25) is 0 Å². The highest BCUT2D eigenvalue weighted by Gasteiger charge is 2.25. The van der Waals surface area contributed by atoms with E-state index in [9.17, 15) is 0 Å². The Morgan fingerprint density at radius 3 is 2.71 bits per heavy atom. The van der Waals surface area contributed by atoms with Crippen LogP contribution in [-0.4, -0.2) is 26.6 Å². The summed E-state index contributed by atoms with van der Waals surface area (Å²) in [6.45, 7) is 2.79. The first-order valence-corrected chi connectivity index (χ1v) is 7.33. The molecule has 1 aliphatic rings. The van der Waals surface area contributed by atoms with Gasteiger partial charge in [0, 0.05) is 12.3 Å². The highest BCUT2D eigenvalue weighted by Crippen LogP contribution is 2.35. The number of hydrogen-bond donors (Lipinski definition) is 1. The number of nitrogens with zero attached hydrogens (tertiary/aromatic N) is 3. The SMILES string of the molecule is Cc1nnc(SC2CCCCCC2CN)n1C. The maximum atomic E-state index is 5.90. The second-order valence-electron chi connectivity index (χ2n) is 4.88. The third-order valence-electron chi connectivity index (χ3n) is 3.70. The molecule has 2 unspecified atom stereocenters. The van der Waals surface area contributed by atoms with Crippen LogP contribution in [0.3, 0.4) is 0 Å². The summed E-state index contributed by atoms with van der Waals surface area (Å²) in [6.07, 6.45) is 6.54. The van der Waals surface area contributed by atoms with Crippen molar-refractivity contribution in [3.8, 4) is 0 Å². The monoisotopic (exact) mass is 254 g/mol. The molecule has 2 atom stereocenters. The van der Waals surface area contributed by atoms with E-state index < -0.39 is 0 Å². The molecule has 17 heavy (non-hydrogen) atoms. The molecule has 0 bridgehead atoms. The molecular weight excluding hydrogens is 232 g/mol. The molecule has 1 aliphatic carbocycles. The second-order valence-corrected chi connectivity index (χ2v) is 6.09. The molecule has 0 radical (unpaired) electrons. The predicted molar refractivity (Wildman–Crippen MR) is 71.0 cm³/mol. The number of nitrogens with two attached hydrogens (primary N) is 1. The van der Waals surface area contributed by atoms with Crippen LogP contribution in [0.4, 0.5) is 0 Å². The van der Waals surface area contributed by atoms with Crippen LogP contribution in [0.5, 0.6) is 0 Å². The smallest absolute Gasteiger partial charge is 0.191 e. The van der Waals surface area contributed by atoms with Crippen molar-refractivity contribution in [2.45, 2.75) is 49.4 Å². The summed E-state index contributed by atoms with van der Waals surface area (Å²) < 4.78 is 2.07. The highest BCUT2D eigenvalue weighted by molar-refractivity contribution is 7.99. The standard InChI is InChI=1S/C12H22N4S/c1-9-14-15-12(16(9)2)17-11-7-5-3-4-6-10(11)8-13/h10-11H,3-8,13H2,1-2H3. The van der Waals surface area contributed by atoms with Crippen molar-refractivity contribution in [2.75, 3.05) is 6.54 Å². The number of aryl methyl sites for hydroxylation is 1. The summed E-state index contributed by atoms with van der Waals surface area (Å²) in [4.78, 5) is 0. The van der Waals surface area contributed by atoms with E-state index >= 15 is 0 Å². The van der Waals surface area contributed by atoms with E-state index in [4.69, 9.17) is 5.73 Å². The molecule has 96 valence electrons. The fourth-order valence-corrected chi connectivity index (χ4v) is 3.77. The highest BCUT2D eigenvalue weighted by atomic mass is 32.2. The first-order chi connectivity index (χ1) is 8.22. The molecular formula is C12H22N4S. The summed E-state index contributed by atoms with van der Waals surface area (Å²) >= 11 is 1.87. The van der Waals surface area contributed by atoms with Crippen LogP contribution in [0.15, 0.2) is 5.16 Å². The molecule has 1 heterocycles. The molecule has 2 N–H and O–H groups in total. The lowest BCUT2D eigenvalue weighted by atomic mass is 10.0. The average Bonchev–Trinajstić information content (AvgIpc) is 2.57. The van der Waals surface area contributed by atoms with Crippen LogP contribution >= 0.6 is 11.8 Å². The Morgan fingerprint density at radius 2 is 2.06 bits per heavy atom. The Labute approximate surface area is 107 Å². The lowest BCUT2D eigenvalue weighted by molar-refractivity contribution is 0.482. The van der Waals surface area contributed by atoms with Crippen molar-refractivity contribution >= 4 is 11.8 Å². The second kappa shape index (κ2) is 5.87. The topological polar surface area (TPSA) is 56.7 Å². The van der Waals surface area contributed by atoms with Crippen LogP contribution in [0.2, 0.25) is 0 Å². The van der Waals surface area contributed by atoms with Crippen LogP contribution in [0.1, 0.15) is 37.9 Å². The third-order valence-corrected chi connectivity index (χ3v) is 5.19. The maximum Gasteiger partial charge on any atom is 0.191 e. The van der Waals surface area contributed by atoms with Crippen LogP contribution in [0, 0.1) is 12.8 Å². The zero-order valence-electron chi connectivity index (χ0n) is 10.7. The molecule has 0 saturated heterocycles. The van der Waals surface area contributed by atoms with Crippen molar-refractivity contribution in [2.24, 2.45) is 18.7 Å². The van der Waals surface area contributed by atoms with E-state index in [0.29, 0.717) is 11.2 Å². The molecule has 0 amide bonds. The normalized spacial score (nSPS) is 25.8. The van der Waals surface area contributed by atoms with E-state index in [0.717, 1.165) is 17.5 Å². The zero-order valence-corrected chi connectivity index (χ0v) is 11.5. The molecule has 0 aliphatic heterocycles. The summed E-state index contributed by atoms with van der Waals surface area (Å²) in [5, 5.41) is 10.0. The summed E-state index contributed by atoms with van der Waals surface area (Å²) in [5.74, 6) is 1.62. The van der Waals surface area contributed by atoms with Crippen molar-refractivity contribution in [3.05, 3.63) is 5.82 Å². The first-order valence-electron chi connectivity index (χ1n) is 6.45. The molecule has 1 saturated carbocycles. The van der Waals surface area contributed by atoms with E-state index in [1.807, 2.05) is 25.7 Å². The van der Waals surface area contributed by atoms with Gasteiger partial charge in [-0.3, -0.25) is 0 Å². The van der Waals surface area contributed by atoms with E-state index in [1.54, 1.807) is 0 Å². The summed E-state index contributed by atoms with van der Waals surface area (Å²) in [6, 6.07) is 0. The largest absolute Gasteiger partial charge is 0.330 e. The Kier molecular flexibility index (Phi) is 4.45. The molecule has 0 aromatic carbocycles. The van der Waals surface area contributed by atoms with Gasteiger partial charge in [0.25, 0.3) is 0 Å². The van der Waals surface area contributed by atoms with Gasteiger partial charge in [-0.25, -0.2) is 0 Å². The quantitative estimate of drug-likeness (QED) is 0.840. The third kappa shape index (κ3) is 3.01. The van der Waals surface area contributed by atoms with Crippen LogP contribution in [-0.2, 0) is 7.05 Å². The number of hydrogen-bond acceptors (Lipinski definition) is 4. The van der Waals surface area contributed by atoms with Crippen molar-refractivity contribution < 1.29 is 0 Å². The predicted octanol–water partition coefficient (Wildman–Crippen LogP) is 2.12. The zero-order chi connectivity index (χ0) is 12.3. The van der Waals surface area contributed by atoms with Gasteiger partial charge in [0.15, 0.2) is 5.16 Å². The maximum absolute atomic E-state index is 5.90.